The molecule has 0 N–H and O–H groups in total. The van der Waals surface area contributed by atoms with E-state index in [9.17, 15) is 13.6 Å². The Morgan fingerprint density at radius 1 is 1.26 bits per heavy atom. The Labute approximate surface area is 186 Å². The van der Waals surface area contributed by atoms with Gasteiger partial charge in [0, 0.05) is 11.1 Å². The molecule has 174 valence electrons. The van der Waals surface area contributed by atoms with Crippen LogP contribution in [0.15, 0.2) is 52.8 Å². The monoisotopic (exact) mass is 436 g/mol. The predicted octanol–water partition coefficient (Wildman–Crippen LogP) is 6.97. The van der Waals surface area contributed by atoms with E-state index in [1.807, 2.05) is 13.0 Å². The maximum Gasteiger partial charge on any atom is 0.378 e. The van der Waals surface area contributed by atoms with Gasteiger partial charge in [-0.1, -0.05) is 45.1 Å². The van der Waals surface area contributed by atoms with Crippen LogP contribution in [0.25, 0.3) is 0 Å². The predicted molar refractivity (Wildman–Crippen MR) is 122 cm³/mol. The fourth-order valence-corrected chi connectivity index (χ4v) is 3.57. The van der Waals surface area contributed by atoms with E-state index in [4.69, 9.17) is 4.74 Å². The number of rotatable bonds is 10. The molecule has 2 atom stereocenters. The second-order valence-electron chi connectivity index (χ2n) is 8.81. The van der Waals surface area contributed by atoms with Crippen LogP contribution in [0.5, 0.6) is 0 Å². The average molecular weight is 437 g/mol. The topological polar surface area (TPSA) is 35.5 Å². The molecule has 5 heteroatoms. The molecule has 0 aromatic rings. The summed E-state index contributed by atoms with van der Waals surface area (Å²) in [6, 6.07) is 0. The van der Waals surface area contributed by atoms with Gasteiger partial charge >= 0.3 is 6.11 Å². The third-order valence-electron chi connectivity index (χ3n) is 5.32. The van der Waals surface area contributed by atoms with Crippen molar-refractivity contribution in [3.8, 4) is 0 Å². The quantitative estimate of drug-likeness (QED) is 0.211. The van der Waals surface area contributed by atoms with Crippen molar-refractivity contribution in [3.63, 3.8) is 0 Å². The number of hydrogen-bond donors (Lipinski definition) is 0. The first-order valence-electron chi connectivity index (χ1n) is 11.1. The van der Waals surface area contributed by atoms with Crippen molar-refractivity contribution in [2.45, 2.75) is 79.4 Å². The zero-order chi connectivity index (χ0) is 23.6. The highest BCUT2D eigenvalue weighted by atomic mass is 19.3. The summed E-state index contributed by atoms with van der Waals surface area (Å²) < 4.78 is 37.4. The number of ketones is 1. The molecule has 0 heterocycles. The molecule has 0 amide bonds. The molecule has 31 heavy (non-hydrogen) atoms. The largest absolute Gasteiger partial charge is 0.378 e. The molecule has 0 saturated carbocycles. The van der Waals surface area contributed by atoms with E-state index >= 15 is 0 Å². The van der Waals surface area contributed by atoms with Gasteiger partial charge in [-0.2, -0.15) is 8.78 Å². The summed E-state index contributed by atoms with van der Waals surface area (Å²) in [5.74, 6) is 0.963. The Balaban J connectivity index is 3.07. The first kappa shape index (κ1) is 27.2. The van der Waals surface area contributed by atoms with E-state index in [0.29, 0.717) is 17.4 Å². The van der Waals surface area contributed by atoms with Crippen LogP contribution < -0.4 is 0 Å². The molecule has 0 aromatic heterocycles. The minimum Gasteiger partial charge on any atom is -0.367 e. The second-order valence-corrected chi connectivity index (χ2v) is 8.81. The van der Waals surface area contributed by atoms with Gasteiger partial charge in [0.05, 0.1) is 13.2 Å². The van der Waals surface area contributed by atoms with Crippen molar-refractivity contribution in [2.75, 3.05) is 13.2 Å². The van der Waals surface area contributed by atoms with Crippen molar-refractivity contribution >= 4 is 5.78 Å². The number of alkyl halides is 2. The van der Waals surface area contributed by atoms with Gasteiger partial charge in [0.15, 0.2) is 5.78 Å². The zero-order valence-corrected chi connectivity index (χ0v) is 19.9. The lowest BCUT2D eigenvalue weighted by Crippen LogP contribution is -2.24. The van der Waals surface area contributed by atoms with E-state index in [-0.39, 0.29) is 24.6 Å². The van der Waals surface area contributed by atoms with Crippen LogP contribution in [0.1, 0.15) is 67.2 Å². The van der Waals surface area contributed by atoms with Crippen molar-refractivity contribution in [3.05, 3.63) is 52.8 Å². The number of Topliss-reactive ketones (excluding diaryl/α,β-unsaturated/α-hetero) is 1. The fourth-order valence-electron chi connectivity index (χ4n) is 3.57. The van der Waals surface area contributed by atoms with Crippen LogP contribution in [0.4, 0.5) is 8.78 Å². The number of hydrogen-bond acceptors (Lipinski definition) is 3. The highest BCUT2D eigenvalue weighted by Crippen LogP contribution is 2.26. The maximum atomic E-state index is 13.5. The number of carbonyl (C=O) groups excluding carboxylic acids is 1. The Hall–Kier alpha value is -1.81. The lowest BCUT2D eigenvalue weighted by Gasteiger charge is -2.18. The summed E-state index contributed by atoms with van der Waals surface area (Å²) >= 11 is 0. The van der Waals surface area contributed by atoms with Gasteiger partial charge in [-0.15, -0.1) is 5.73 Å². The summed E-state index contributed by atoms with van der Waals surface area (Å²) in [6.07, 6.45) is 5.25. The number of ether oxygens (including phenoxy) is 2. The summed E-state index contributed by atoms with van der Waals surface area (Å²) in [7, 11) is 0. The van der Waals surface area contributed by atoms with Crippen LogP contribution in [-0.2, 0) is 14.3 Å². The van der Waals surface area contributed by atoms with Gasteiger partial charge < -0.3 is 9.47 Å². The Morgan fingerprint density at radius 2 is 1.94 bits per heavy atom. The molecular weight excluding hydrogens is 398 g/mol. The molecule has 1 aliphatic carbocycles. The third-order valence-corrected chi connectivity index (χ3v) is 5.32. The van der Waals surface area contributed by atoms with Crippen LogP contribution in [-0.4, -0.2) is 31.2 Å². The zero-order valence-electron chi connectivity index (χ0n) is 19.9. The standard InChI is InChI=1S/C26H38F2O3/c1-18(2)17-21(6)23-10-8-9-20(5)25(22(7)29)14-13-24(12-11-23)30-15-16-31-26(27,28)19(3)4/h12-14,18,21,24H,3,8-10,15-17H2,1-2,4-7H3. The van der Waals surface area contributed by atoms with Gasteiger partial charge in [0.1, 0.15) is 6.10 Å². The van der Waals surface area contributed by atoms with Crippen LogP contribution in [0.2, 0.25) is 0 Å². The van der Waals surface area contributed by atoms with Crippen LogP contribution in [0, 0.1) is 11.8 Å². The molecule has 0 bridgehead atoms. The lowest BCUT2D eigenvalue weighted by molar-refractivity contribution is -0.214. The van der Waals surface area contributed by atoms with Crippen molar-refractivity contribution in [1.29, 1.82) is 0 Å². The van der Waals surface area contributed by atoms with Gasteiger partial charge in [-0.25, -0.2) is 0 Å². The summed E-state index contributed by atoms with van der Waals surface area (Å²) in [5, 5.41) is 0. The third kappa shape index (κ3) is 9.90. The van der Waals surface area contributed by atoms with Gasteiger partial charge in [-0.3, -0.25) is 4.79 Å². The van der Waals surface area contributed by atoms with Gasteiger partial charge in [0.2, 0.25) is 0 Å². The van der Waals surface area contributed by atoms with E-state index < -0.39 is 12.2 Å². The van der Waals surface area contributed by atoms with Crippen molar-refractivity contribution in [2.24, 2.45) is 11.8 Å². The van der Waals surface area contributed by atoms with E-state index in [1.165, 1.54) is 12.5 Å². The molecule has 0 aliphatic heterocycles. The molecule has 0 spiro atoms. The summed E-state index contributed by atoms with van der Waals surface area (Å²) in [5.41, 5.74) is 6.01. The molecule has 0 saturated heterocycles. The fraction of sp³-hybridized carbons (Fsp3) is 0.615. The first-order chi connectivity index (χ1) is 14.4. The molecule has 1 rings (SSSR count). The van der Waals surface area contributed by atoms with Crippen LogP contribution in [0.3, 0.4) is 0 Å². The second kappa shape index (κ2) is 12.9. The molecule has 0 radical (unpaired) electrons. The maximum absolute atomic E-state index is 13.5. The number of halogens is 2. The van der Waals surface area contributed by atoms with E-state index in [1.54, 1.807) is 19.1 Å². The van der Waals surface area contributed by atoms with Crippen molar-refractivity contribution < 1.29 is 23.0 Å². The molecule has 2 unspecified atom stereocenters. The van der Waals surface area contributed by atoms with Gasteiger partial charge in [-0.05, 0) is 69.9 Å². The first-order valence-corrected chi connectivity index (χ1v) is 11.1. The smallest absolute Gasteiger partial charge is 0.367 e. The molecule has 0 fully saturated rings. The van der Waals surface area contributed by atoms with E-state index in [2.05, 4.69) is 37.8 Å². The normalized spacial score (nSPS) is 19.3. The van der Waals surface area contributed by atoms with Crippen molar-refractivity contribution in [1.82, 2.24) is 0 Å². The van der Waals surface area contributed by atoms with E-state index in [0.717, 1.165) is 31.3 Å². The molecule has 1 aliphatic rings. The molecule has 3 nitrogen and oxygen atoms in total. The number of allylic oxidation sites excluding steroid dienone is 3. The van der Waals surface area contributed by atoms with Gasteiger partial charge in [0.25, 0.3) is 0 Å². The Kier molecular flexibility index (Phi) is 11.3. The Bertz CT molecular complexity index is 753. The average Bonchev–Trinajstić information content (AvgIpc) is 2.68. The number of carbonyl (C=O) groups is 1. The summed E-state index contributed by atoms with van der Waals surface area (Å²) in [4.78, 5) is 12.1. The highest BCUT2D eigenvalue weighted by Gasteiger charge is 2.30. The highest BCUT2D eigenvalue weighted by molar-refractivity contribution is 5.96. The molecule has 0 aromatic carbocycles. The SMILES string of the molecule is C=C(C)C(F)(F)OCCOC1C=C=C(C(C)CC(C)C)CCCC(C)=C(C(C)=O)C=C1. The lowest BCUT2D eigenvalue weighted by atomic mass is 9.88. The van der Waals surface area contributed by atoms with Crippen LogP contribution >= 0.6 is 0 Å². The minimum absolute atomic E-state index is 0.00141. The Morgan fingerprint density at radius 3 is 2.52 bits per heavy atom. The molecular formula is C26H38F2O3. The summed E-state index contributed by atoms with van der Waals surface area (Å²) in [6.45, 7) is 14.3. The minimum atomic E-state index is -3.37.